The molecule has 0 unspecified atom stereocenters. The summed E-state index contributed by atoms with van der Waals surface area (Å²) in [4.78, 5) is 22.0. The standard InChI is InChI=1S/C22H26N6O3/c1-3-4-8-14-30-20(29)15-18-12-9-13-19(23-18)16-31-25-21(17-10-6-5-7-11-17)22-24-26-27-28(22)2/h5-7,9-13H,3-4,8,14-16H2,1-2H3/b25-21-. The molecule has 31 heavy (non-hydrogen) atoms. The molecule has 0 N–H and O–H groups in total. The fraction of sp³-hybridized carbons (Fsp3) is 0.364. The van der Waals surface area contributed by atoms with E-state index in [1.165, 1.54) is 4.68 Å². The summed E-state index contributed by atoms with van der Waals surface area (Å²) in [7, 11) is 1.74. The molecule has 0 spiro atoms. The maximum absolute atomic E-state index is 12.0. The third-order valence-corrected chi connectivity index (χ3v) is 4.45. The van der Waals surface area contributed by atoms with Crippen LogP contribution in [0, 0.1) is 0 Å². The summed E-state index contributed by atoms with van der Waals surface area (Å²) in [5, 5.41) is 15.8. The summed E-state index contributed by atoms with van der Waals surface area (Å²) in [5.41, 5.74) is 2.63. The number of esters is 1. The molecule has 0 atom stereocenters. The first-order valence-electron chi connectivity index (χ1n) is 10.3. The molecule has 0 aliphatic heterocycles. The van der Waals surface area contributed by atoms with Gasteiger partial charge in [-0.05, 0) is 29.0 Å². The van der Waals surface area contributed by atoms with Gasteiger partial charge < -0.3 is 9.57 Å². The van der Waals surface area contributed by atoms with E-state index in [1.807, 2.05) is 42.5 Å². The van der Waals surface area contributed by atoms with E-state index in [9.17, 15) is 4.79 Å². The molecule has 3 aromatic rings. The van der Waals surface area contributed by atoms with Crippen molar-refractivity contribution in [1.29, 1.82) is 0 Å². The number of hydrogen-bond acceptors (Lipinski definition) is 8. The Kier molecular flexibility index (Phi) is 8.21. The van der Waals surface area contributed by atoms with Gasteiger partial charge in [-0.25, -0.2) is 4.68 Å². The minimum absolute atomic E-state index is 0.128. The van der Waals surface area contributed by atoms with Gasteiger partial charge >= 0.3 is 5.97 Å². The van der Waals surface area contributed by atoms with Crippen LogP contribution in [0.4, 0.5) is 0 Å². The predicted molar refractivity (Wildman–Crippen MR) is 114 cm³/mol. The third-order valence-electron chi connectivity index (χ3n) is 4.45. The zero-order valence-electron chi connectivity index (χ0n) is 17.8. The number of ether oxygens (including phenoxy) is 1. The molecule has 9 nitrogen and oxygen atoms in total. The highest BCUT2D eigenvalue weighted by atomic mass is 16.6. The zero-order chi connectivity index (χ0) is 21.9. The second-order valence-corrected chi connectivity index (χ2v) is 6.93. The minimum Gasteiger partial charge on any atom is -0.465 e. The van der Waals surface area contributed by atoms with Crippen LogP contribution in [0.3, 0.4) is 0 Å². The second-order valence-electron chi connectivity index (χ2n) is 6.93. The number of nitrogens with zero attached hydrogens (tertiary/aromatic N) is 6. The zero-order valence-corrected chi connectivity index (χ0v) is 17.8. The van der Waals surface area contributed by atoms with E-state index in [-0.39, 0.29) is 19.0 Å². The highest BCUT2D eigenvalue weighted by molar-refractivity contribution is 6.10. The van der Waals surface area contributed by atoms with Crippen LogP contribution >= 0.6 is 0 Å². The van der Waals surface area contributed by atoms with E-state index >= 15 is 0 Å². The number of carbonyl (C=O) groups is 1. The highest BCUT2D eigenvalue weighted by Crippen LogP contribution is 2.10. The highest BCUT2D eigenvalue weighted by Gasteiger charge is 2.15. The molecule has 0 fully saturated rings. The molecule has 162 valence electrons. The first-order valence-corrected chi connectivity index (χ1v) is 10.3. The largest absolute Gasteiger partial charge is 0.465 e. The topological polar surface area (TPSA) is 104 Å². The van der Waals surface area contributed by atoms with Gasteiger partial charge in [0, 0.05) is 12.6 Å². The van der Waals surface area contributed by atoms with Gasteiger partial charge in [0.15, 0.2) is 12.3 Å². The van der Waals surface area contributed by atoms with Crippen LogP contribution in [-0.2, 0) is 34.4 Å². The lowest BCUT2D eigenvalue weighted by Crippen LogP contribution is -2.12. The van der Waals surface area contributed by atoms with E-state index in [2.05, 4.69) is 32.6 Å². The summed E-state index contributed by atoms with van der Waals surface area (Å²) in [6.45, 7) is 2.70. The van der Waals surface area contributed by atoms with E-state index in [4.69, 9.17) is 9.57 Å². The second kappa shape index (κ2) is 11.5. The normalized spacial score (nSPS) is 11.4. The van der Waals surface area contributed by atoms with Crippen molar-refractivity contribution in [3.05, 3.63) is 71.3 Å². The number of aromatic nitrogens is 5. The minimum atomic E-state index is -0.277. The van der Waals surface area contributed by atoms with Gasteiger partial charge in [0.25, 0.3) is 0 Å². The van der Waals surface area contributed by atoms with Gasteiger partial charge in [0.05, 0.1) is 24.4 Å². The average molecular weight is 422 g/mol. The fourth-order valence-corrected chi connectivity index (χ4v) is 2.86. The van der Waals surface area contributed by atoms with Crippen LogP contribution in [0.25, 0.3) is 0 Å². The van der Waals surface area contributed by atoms with E-state index < -0.39 is 0 Å². The lowest BCUT2D eigenvalue weighted by Gasteiger charge is -2.07. The number of carbonyl (C=O) groups excluding carboxylic acids is 1. The molecular formula is C22H26N6O3. The molecule has 1 aromatic carbocycles. The monoisotopic (exact) mass is 422 g/mol. The van der Waals surface area contributed by atoms with Crippen molar-refractivity contribution < 1.29 is 14.4 Å². The van der Waals surface area contributed by atoms with Crippen LogP contribution in [0.15, 0.2) is 53.7 Å². The molecule has 0 amide bonds. The molecule has 2 aromatic heterocycles. The molecule has 0 radical (unpaired) electrons. The number of hydrogen-bond donors (Lipinski definition) is 0. The van der Waals surface area contributed by atoms with Crippen LogP contribution in [0.1, 0.15) is 49.0 Å². The number of aryl methyl sites for hydroxylation is 1. The first-order chi connectivity index (χ1) is 15.2. The van der Waals surface area contributed by atoms with E-state index in [0.29, 0.717) is 29.5 Å². The van der Waals surface area contributed by atoms with Crippen molar-refractivity contribution in [2.24, 2.45) is 12.2 Å². The van der Waals surface area contributed by atoms with Crippen molar-refractivity contribution in [3.8, 4) is 0 Å². The number of pyridine rings is 1. The summed E-state index contributed by atoms with van der Waals surface area (Å²) >= 11 is 0. The maximum atomic E-state index is 12.0. The Morgan fingerprint density at radius 2 is 1.87 bits per heavy atom. The summed E-state index contributed by atoms with van der Waals surface area (Å²) < 4.78 is 6.78. The lowest BCUT2D eigenvalue weighted by atomic mass is 10.1. The maximum Gasteiger partial charge on any atom is 0.311 e. The molecule has 3 rings (SSSR count). The quantitative estimate of drug-likeness (QED) is 0.202. The molecule has 0 saturated carbocycles. The average Bonchev–Trinajstić information content (AvgIpc) is 3.21. The molecule has 0 saturated heterocycles. The van der Waals surface area contributed by atoms with Gasteiger partial charge in [-0.2, -0.15) is 0 Å². The van der Waals surface area contributed by atoms with Crippen LogP contribution < -0.4 is 0 Å². The summed E-state index contributed by atoms with van der Waals surface area (Å²) in [6, 6.07) is 15.0. The molecule has 0 aliphatic rings. The molecular weight excluding hydrogens is 396 g/mol. The summed E-state index contributed by atoms with van der Waals surface area (Å²) in [6.07, 6.45) is 3.15. The SMILES string of the molecule is CCCCCOC(=O)Cc1cccc(CO/N=C(/c2ccccc2)c2nnnn2C)n1. The number of rotatable bonds is 11. The molecule has 2 heterocycles. The van der Waals surface area contributed by atoms with E-state index in [1.54, 1.807) is 13.1 Å². The number of tetrazole rings is 1. The summed E-state index contributed by atoms with van der Waals surface area (Å²) in [5.74, 6) is 0.208. The number of benzene rings is 1. The Hall–Kier alpha value is -3.62. The van der Waals surface area contributed by atoms with E-state index in [0.717, 1.165) is 24.8 Å². The van der Waals surface area contributed by atoms with Gasteiger partial charge in [-0.3, -0.25) is 9.78 Å². The Morgan fingerprint density at radius 3 is 2.61 bits per heavy atom. The molecule has 9 heteroatoms. The van der Waals surface area contributed by atoms with Crippen LogP contribution in [0.2, 0.25) is 0 Å². The van der Waals surface area contributed by atoms with Crippen molar-refractivity contribution in [3.63, 3.8) is 0 Å². The van der Waals surface area contributed by atoms with Crippen LogP contribution in [-0.4, -0.2) is 43.5 Å². The third kappa shape index (κ3) is 6.70. The smallest absolute Gasteiger partial charge is 0.311 e. The van der Waals surface area contributed by atoms with Crippen molar-refractivity contribution in [2.75, 3.05) is 6.61 Å². The van der Waals surface area contributed by atoms with Crippen LogP contribution in [0.5, 0.6) is 0 Å². The van der Waals surface area contributed by atoms with Gasteiger partial charge in [-0.15, -0.1) is 5.10 Å². The van der Waals surface area contributed by atoms with Crippen molar-refractivity contribution in [1.82, 2.24) is 25.2 Å². The Labute approximate surface area is 181 Å². The number of unbranched alkanes of at least 4 members (excludes halogenated alkanes) is 2. The Balaban J connectivity index is 1.63. The Bertz CT molecular complexity index is 1000. The fourth-order valence-electron chi connectivity index (χ4n) is 2.86. The molecule has 0 bridgehead atoms. The first kappa shape index (κ1) is 22.1. The van der Waals surface area contributed by atoms with Crippen molar-refractivity contribution in [2.45, 2.75) is 39.2 Å². The van der Waals surface area contributed by atoms with Gasteiger partial charge in [0.2, 0.25) is 5.82 Å². The van der Waals surface area contributed by atoms with Gasteiger partial charge in [-0.1, -0.05) is 61.3 Å². The number of oxime groups is 1. The van der Waals surface area contributed by atoms with Crippen molar-refractivity contribution >= 4 is 11.7 Å². The molecule has 0 aliphatic carbocycles. The lowest BCUT2D eigenvalue weighted by molar-refractivity contribution is -0.143. The predicted octanol–water partition coefficient (Wildman–Crippen LogP) is 2.85. The Morgan fingerprint density at radius 1 is 1.06 bits per heavy atom. The van der Waals surface area contributed by atoms with Gasteiger partial charge in [0.1, 0.15) is 0 Å².